The minimum Gasteiger partial charge on any atom is -0.310 e. The number of nitrogens with zero attached hydrogens (tertiary/aromatic N) is 1. The number of aromatic amines is 1. The Morgan fingerprint density at radius 3 is 2.83 bits per heavy atom. The second-order valence-electron chi connectivity index (χ2n) is 6.48. The van der Waals surface area contributed by atoms with E-state index < -0.39 is 9.84 Å². The van der Waals surface area contributed by atoms with Crippen LogP contribution in [-0.4, -0.2) is 36.5 Å². The highest BCUT2D eigenvalue weighted by Crippen LogP contribution is 2.20. The first-order valence-corrected chi connectivity index (χ1v) is 9.66. The molecule has 2 N–H and O–H groups in total. The number of aromatic nitrogens is 2. The van der Waals surface area contributed by atoms with Crippen LogP contribution in [0.3, 0.4) is 0 Å². The average Bonchev–Trinajstić information content (AvgIpc) is 2.94. The fourth-order valence-electron chi connectivity index (χ4n) is 3.18. The van der Waals surface area contributed by atoms with Crippen LogP contribution >= 0.6 is 0 Å². The van der Waals surface area contributed by atoms with Crippen molar-refractivity contribution < 1.29 is 8.42 Å². The Balaban J connectivity index is 1.61. The average molecular weight is 333 g/mol. The van der Waals surface area contributed by atoms with Crippen LogP contribution in [0.15, 0.2) is 35.4 Å². The van der Waals surface area contributed by atoms with Gasteiger partial charge in [-0.1, -0.05) is 17.7 Å². The molecule has 0 fully saturated rings. The van der Waals surface area contributed by atoms with E-state index in [2.05, 4.69) is 15.5 Å². The third-order valence-corrected chi connectivity index (χ3v) is 6.32. The van der Waals surface area contributed by atoms with E-state index in [4.69, 9.17) is 0 Å². The van der Waals surface area contributed by atoms with E-state index in [-0.39, 0.29) is 11.8 Å². The molecule has 0 spiro atoms. The van der Waals surface area contributed by atoms with Crippen LogP contribution in [0.25, 0.3) is 0 Å². The second-order valence-corrected chi connectivity index (χ2v) is 8.51. The van der Waals surface area contributed by atoms with Crippen LogP contribution < -0.4 is 5.32 Å². The Hall–Kier alpha value is -1.66. The summed E-state index contributed by atoms with van der Waals surface area (Å²) in [7, 11) is -3.26. The van der Waals surface area contributed by atoms with E-state index in [1.54, 1.807) is 12.1 Å². The van der Waals surface area contributed by atoms with Crippen molar-refractivity contribution in [3.63, 3.8) is 0 Å². The van der Waals surface area contributed by atoms with Gasteiger partial charge in [0.1, 0.15) is 0 Å². The molecule has 0 saturated carbocycles. The third-order valence-electron chi connectivity index (χ3n) is 4.39. The number of aryl methyl sites for hydroxylation is 2. The van der Waals surface area contributed by atoms with Gasteiger partial charge in [-0.2, -0.15) is 5.10 Å². The van der Waals surface area contributed by atoms with Crippen LogP contribution in [0.2, 0.25) is 0 Å². The van der Waals surface area contributed by atoms with Gasteiger partial charge in [0, 0.05) is 17.8 Å². The largest absolute Gasteiger partial charge is 0.310 e. The molecule has 1 aliphatic rings. The summed E-state index contributed by atoms with van der Waals surface area (Å²) in [5.41, 5.74) is 3.51. The zero-order valence-corrected chi connectivity index (χ0v) is 14.4. The highest BCUT2D eigenvalue weighted by Gasteiger charge is 2.24. The van der Waals surface area contributed by atoms with Crippen molar-refractivity contribution in [2.24, 2.45) is 0 Å². The number of fused-ring (bicyclic) bond motifs is 1. The lowest BCUT2D eigenvalue weighted by Crippen LogP contribution is -2.43. The lowest BCUT2D eigenvalue weighted by Gasteiger charge is -2.26. The van der Waals surface area contributed by atoms with E-state index in [9.17, 15) is 8.42 Å². The summed E-state index contributed by atoms with van der Waals surface area (Å²) in [5, 5.41) is 10.6. The summed E-state index contributed by atoms with van der Waals surface area (Å²) in [6.45, 7) is 3.89. The predicted molar refractivity (Wildman–Crippen MR) is 90.2 cm³/mol. The summed E-state index contributed by atoms with van der Waals surface area (Å²) in [4.78, 5) is 0.400. The molecule has 0 unspecified atom stereocenters. The molecule has 2 atom stereocenters. The van der Waals surface area contributed by atoms with Gasteiger partial charge in [-0.05, 0) is 50.8 Å². The summed E-state index contributed by atoms with van der Waals surface area (Å²) in [6, 6.07) is 7.29. The molecule has 0 aliphatic heterocycles. The van der Waals surface area contributed by atoms with Crippen molar-refractivity contribution in [3.8, 4) is 0 Å². The van der Waals surface area contributed by atoms with Crippen LogP contribution in [0.1, 0.15) is 30.2 Å². The Labute approximate surface area is 137 Å². The molecule has 1 aliphatic carbocycles. The molecule has 6 heteroatoms. The van der Waals surface area contributed by atoms with Crippen molar-refractivity contribution in [1.82, 2.24) is 15.5 Å². The monoisotopic (exact) mass is 333 g/mol. The maximum Gasteiger partial charge on any atom is 0.179 e. The normalized spacial score (nSPS) is 19.3. The Morgan fingerprint density at radius 1 is 1.35 bits per heavy atom. The maximum atomic E-state index is 12.5. The zero-order chi connectivity index (χ0) is 16.4. The third kappa shape index (κ3) is 3.82. The van der Waals surface area contributed by atoms with Crippen molar-refractivity contribution in [1.29, 1.82) is 0 Å². The molecule has 23 heavy (non-hydrogen) atoms. The van der Waals surface area contributed by atoms with E-state index in [1.807, 2.05) is 32.2 Å². The van der Waals surface area contributed by atoms with Crippen molar-refractivity contribution >= 4 is 9.84 Å². The van der Waals surface area contributed by atoms with Gasteiger partial charge in [0.25, 0.3) is 0 Å². The number of hydrogen-bond donors (Lipinski definition) is 2. The summed E-state index contributed by atoms with van der Waals surface area (Å²) >= 11 is 0. The Morgan fingerprint density at radius 2 is 2.09 bits per heavy atom. The fraction of sp³-hybridized carbons (Fsp3) is 0.471. The number of nitrogens with one attached hydrogen (secondary N) is 2. The molecule has 1 heterocycles. The van der Waals surface area contributed by atoms with E-state index in [1.165, 1.54) is 11.3 Å². The van der Waals surface area contributed by atoms with Gasteiger partial charge >= 0.3 is 0 Å². The molecule has 0 amide bonds. The van der Waals surface area contributed by atoms with Gasteiger partial charge in [-0.25, -0.2) is 8.42 Å². The molecule has 1 aromatic carbocycles. The van der Waals surface area contributed by atoms with Crippen molar-refractivity contribution in [2.45, 2.75) is 50.1 Å². The molecular weight excluding hydrogens is 310 g/mol. The second kappa shape index (κ2) is 6.45. The summed E-state index contributed by atoms with van der Waals surface area (Å²) in [6.07, 6.45) is 4.74. The first kappa shape index (κ1) is 16.2. The summed E-state index contributed by atoms with van der Waals surface area (Å²) < 4.78 is 25.0. The van der Waals surface area contributed by atoms with Gasteiger partial charge < -0.3 is 5.32 Å². The molecule has 0 bridgehead atoms. The molecular formula is C17H23N3O2S. The maximum absolute atomic E-state index is 12.5. The van der Waals surface area contributed by atoms with E-state index in [0.29, 0.717) is 10.9 Å². The standard InChI is InChI=1S/C17H23N3O2S/c1-12-3-6-16(7-4-12)23(21,22)11-13(2)19-15-5-8-17-14(9-15)10-18-20-17/h3-4,6-7,10,13,15,19H,5,8-9,11H2,1-2H3,(H,18,20)/t13-,15-/m1/s1. The first-order chi connectivity index (χ1) is 10.9. The molecule has 124 valence electrons. The van der Waals surface area contributed by atoms with Crippen LogP contribution in [-0.2, 0) is 22.7 Å². The minimum atomic E-state index is -3.26. The predicted octanol–water partition coefficient (Wildman–Crippen LogP) is 2.03. The highest BCUT2D eigenvalue weighted by molar-refractivity contribution is 7.91. The molecule has 3 rings (SSSR count). The van der Waals surface area contributed by atoms with Gasteiger partial charge in [-0.15, -0.1) is 0 Å². The quantitative estimate of drug-likeness (QED) is 0.878. The first-order valence-electron chi connectivity index (χ1n) is 8.00. The molecule has 0 radical (unpaired) electrons. The smallest absolute Gasteiger partial charge is 0.179 e. The number of rotatable bonds is 5. The lowest BCUT2D eigenvalue weighted by molar-refractivity contribution is 0.419. The summed E-state index contributed by atoms with van der Waals surface area (Å²) in [5.74, 6) is 0.116. The number of sulfone groups is 1. The minimum absolute atomic E-state index is 0.0836. The van der Waals surface area contributed by atoms with Crippen LogP contribution in [0.4, 0.5) is 0 Å². The van der Waals surface area contributed by atoms with Gasteiger partial charge in [0.05, 0.1) is 16.8 Å². The highest BCUT2D eigenvalue weighted by atomic mass is 32.2. The fourth-order valence-corrected chi connectivity index (χ4v) is 4.68. The Kier molecular flexibility index (Phi) is 4.55. The Bertz CT molecular complexity index is 765. The number of benzene rings is 1. The van der Waals surface area contributed by atoms with Gasteiger partial charge in [0.2, 0.25) is 0 Å². The van der Waals surface area contributed by atoms with Crippen molar-refractivity contribution in [2.75, 3.05) is 5.75 Å². The molecule has 0 saturated heterocycles. The van der Waals surface area contributed by atoms with E-state index in [0.717, 1.165) is 24.8 Å². The molecule has 2 aromatic rings. The number of hydrogen-bond acceptors (Lipinski definition) is 4. The lowest BCUT2D eigenvalue weighted by atomic mass is 9.93. The van der Waals surface area contributed by atoms with E-state index >= 15 is 0 Å². The van der Waals surface area contributed by atoms with Crippen molar-refractivity contribution in [3.05, 3.63) is 47.3 Å². The number of H-pyrrole nitrogens is 1. The van der Waals surface area contributed by atoms with Crippen LogP contribution in [0, 0.1) is 6.92 Å². The molecule has 5 nitrogen and oxygen atoms in total. The van der Waals surface area contributed by atoms with Crippen LogP contribution in [0.5, 0.6) is 0 Å². The SMILES string of the molecule is Cc1ccc(S(=O)(=O)C[C@@H](C)N[C@@H]2CCc3[nH]ncc3C2)cc1. The zero-order valence-electron chi connectivity index (χ0n) is 13.5. The van der Waals surface area contributed by atoms with Gasteiger partial charge in [-0.3, -0.25) is 5.10 Å². The molecule has 1 aromatic heterocycles. The van der Waals surface area contributed by atoms with Gasteiger partial charge in [0.15, 0.2) is 9.84 Å². The topological polar surface area (TPSA) is 74.8 Å².